The van der Waals surface area contributed by atoms with Crippen LogP contribution in [0.2, 0.25) is 0 Å². The lowest BCUT2D eigenvalue weighted by Crippen LogP contribution is -2.50. The van der Waals surface area contributed by atoms with Crippen molar-refractivity contribution in [3.05, 3.63) is 18.2 Å². The number of aryl methyl sites for hydroxylation is 1. The summed E-state index contributed by atoms with van der Waals surface area (Å²) in [7, 11) is 1.93. The highest BCUT2D eigenvalue weighted by Gasteiger charge is 2.48. The highest BCUT2D eigenvalue weighted by molar-refractivity contribution is 5.83. The molecule has 0 unspecified atom stereocenters. The van der Waals surface area contributed by atoms with Crippen molar-refractivity contribution in [3.63, 3.8) is 0 Å². The zero-order valence-electron chi connectivity index (χ0n) is 9.64. The van der Waals surface area contributed by atoms with Crippen molar-refractivity contribution in [1.82, 2.24) is 9.55 Å². The topological polar surface area (TPSA) is 70.1 Å². The second kappa shape index (κ2) is 3.90. The van der Waals surface area contributed by atoms with Gasteiger partial charge in [-0.25, -0.2) is 4.98 Å². The normalized spacial score (nSPS) is 29.4. The van der Waals surface area contributed by atoms with E-state index in [0.29, 0.717) is 13.0 Å². The van der Waals surface area contributed by atoms with E-state index in [4.69, 9.17) is 10.5 Å². The van der Waals surface area contributed by atoms with Crippen LogP contribution in [0.25, 0.3) is 0 Å². The molecule has 5 heteroatoms. The van der Waals surface area contributed by atoms with Crippen LogP contribution < -0.4 is 5.73 Å². The quantitative estimate of drug-likeness (QED) is 0.745. The molecule has 0 bridgehead atoms. The summed E-state index contributed by atoms with van der Waals surface area (Å²) in [5.41, 5.74) is 6.36. The molecule has 1 fully saturated rings. The van der Waals surface area contributed by atoms with Crippen LogP contribution in [0.5, 0.6) is 0 Å². The Hall–Kier alpha value is -1.36. The molecule has 0 saturated carbocycles. The fourth-order valence-corrected chi connectivity index (χ4v) is 2.13. The molecule has 0 aliphatic carbocycles. The molecule has 5 nitrogen and oxygen atoms in total. The van der Waals surface area contributed by atoms with Crippen molar-refractivity contribution < 1.29 is 9.53 Å². The van der Waals surface area contributed by atoms with E-state index < -0.39 is 5.54 Å². The van der Waals surface area contributed by atoms with Crippen LogP contribution in [0, 0.1) is 5.92 Å². The van der Waals surface area contributed by atoms with E-state index in [0.717, 1.165) is 12.1 Å². The number of carbonyl (C=O) groups is 1. The van der Waals surface area contributed by atoms with E-state index in [1.807, 2.05) is 18.5 Å². The number of cyclic esters (lactones) is 1. The Balaban J connectivity index is 2.17. The molecule has 2 atom stereocenters. The van der Waals surface area contributed by atoms with Gasteiger partial charge in [-0.05, 0) is 12.8 Å². The van der Waals surface area contributed by atoms with E-state index in [-0.39, 0.29) is 11.9 Å². The van der Waals surface area contributed by atoms with E-state index in [2.05, 4.69) is 4.98 Å². The second-order valence-electron chi connectivity index (χ2n) is 4.39. The molecular weight excluding hydrogens is 206 g/mol. The Bertz CT molecular complexity index is 402. The van der Waals surface area contributed by atoms with Gasteiger partial charge in [0, 0.05) is 24.9 Å². The van der Waals surface area contributed by atoms with Crippen LogP contribution in [-0.2, 0) is 23.0 Å². The summed E-state index contributed by atoms with van der Waals surface area (Å²) in [6.45, 7) is 2.33. The van der Waals surface area contributed by atoms with Crippen LogP contribution in [0.3, 0.4) is 0 Å². The van der Waals surface area contributed by atoms with E-state index in [1.54, 1.807) is 12.5 Å². The van der Waals surface area contributed by atoms with Crippen LogP contribution in [-0.4, -0.2) is 27.7 Å². The fourth-order valence-electron chi connectivity index (χ4n) is 2.13. The zero-order chi connectivity index (χ0) is 11.8. The molecule has 1 aliphatic heterocycles. The molecule has 1 saturated heterocycles. The Labute approximate surface area is 94.6 Å². The van der Waals surface area contributed by atoms with Crippen LogP contribution in [0.4, 0.5) is 0 Å². The molecule has 2 heterocycles. The van der Waals surface area contributed by atoms with Gasteiger partial charge >= 0.3 is 5.97 Å². The van der Waals surface area contributed by atoms with E-state index in [1.165, 1.54) is 0 Å². The molecule has 0 spiro atoms. The number of nitrogens with zero attached hydrogens (tertiary/aromatic N) is 2. The van der Waals surface area contributed by atoms with Crippen LogP contribution in [0.15, 0.2) is 12.5 Å². The first-order valence-electron chi connectivity index (χ1n) is 5.49. The zero-order valence-corrected chi connectivity index (χ0v) is 9.64. The Kier molecular flexibility index (Phi) is 2.71. The maximum Gasteiger partial charge on any atom is 0.326 e. The largest absolute Gasteiger partial charge is 0.464 e. The van der Waals surface area contributed by atoms with Gasteiger partial charge < -0.3 is 15.0 Å². The van der Waals surface area contributed by atoms with Gasteiger partial charge in [0.25, 0.3) is 0 Å². The Morgan fingerprint density at radius 1 is 1.75 bits per heavy atom. The maximum absolute atomic E-state index is 11.6. The standard InChI is InChI=1S/C11H17N3O2/c1-3-11(12)8(6-16-10(11)15)4-9-5-13-7-14(9)2/h5,7-8H,3-4,6,12H2,1-2H3/t8-,11-/m0/s1. The summed E-state index contributed by atoms with van der Waals surface area (Å²) in [6, 6.07) is 0. The smallest absolute Gasteiger partial charge is 0.326 e. The summed E-state index contributed by atoms with van der Waals surface area (Å²) in [5, 5.41) is 0. The SMILES string of the molecule is CC[C@@]1(N)C(=O)OC[C@@H]1Cc1cncn1C. The summed E-state index contributed by atoms with van der Waals surface area (Å²) in [4.78, 5) is 15.6. The second-order valence-corrected chi connectivity index (χ2v) is 4.39. The average molecular weight is 223 g/mol. The van der Waals surface area contributed by atoms with Gasteiger partial charge in [0.2, 0.25) is 0 Å². The lowest BCUT2D eigenvalue weighted by atomic mass is 9.82. The van der Waals surface area contributed by atoms with Crippen molar-refractivity contribution in [2.75, 3.05) is 6.61 Å². The molecule has 0 aromatic carbocycles. The van der Waals surface area contributed by atoms with Crippen molar-refractivity contribution in [1.29, 1.82) is 0 Å². The Morgan fingerprint density at radius 2 is 2.50 bits per heavy atom. The third-order valence-corrected chi connectivity index (χ3v) is 3.48. The molecule has 16 heavy (non-hydrogen) atoms. The lowest BCUT2D eigenvalue weighted by molar-refractivity contribution is -0.142. The van der Waals surface area contributed by atoms with Gasteiger partial charge in [-0.3, -0.25) is 4.79 Å². The predicted molar refractivity (Wildman–Crippen MR) is 58.6 cm³/mol. The minimum atomic E-state index is -0.829. The predicted octanol–water partition coefficient (Wildman–Crippen LogP) is 0.243. The highest BCUT2D eigenvalue weighted by Crippen LogP contribution is 2.30. The van der Waals surface area contributed by atoms with Crippen molar-refractivity contribution >= 4 is 5.97 Å². The minimum absolute atomic E-state index is 0.0420. The van der Waals surface area contributed by atoms with Gasteiger partial charge in [-0.2, -0.15) is 0 Å². The first-order chi connectivity index (χ1) is 7.58. The number of carbonyl (C=O) groups excluding carboxylic acids is 1. The summed E-state index contributed by atoms with van der Waals surface area (Å²) >= 11 is 0. The highest BCUT2D eigenvalue weighted by atomic mass is 16.5. The number of imidazole rings is 1. The maximum atomic E-state index is 11.6. The molecule has 1 aromatic heterocycles. The van der Waals surface area contributed by atoms with Gasteiger partial charge in [0.05, 0.1) is 12.9 Å². The molecular formula is C11H17N3O2. The van der Waals surface area contributed by atoms with Crippen LogP contribution in [0.1, 0.15) is 19.0 Å². The van der Waals surface area contributed by atoms with Gasteiger partial charge in [0.15, 0.2) is 0 Å². The third-order valence-electron chi connectivity index (χ3n) is 3.48. The first-order valence-corrected chi connectivity index (χ1v) is 5.49. The molecule has 1 aromatic rings. The van der Waals surface area contributed by atoms with Crippen molar-refractivity contribution in [3.8, 4) is 0 Å². The number of hydrogen-bond acceptors (Lipinski definition) is 4. The van der Waals surface area contributed by atoms with Gasteiger partial charge in [0.1, 0.15) is 5.54 Å². The minimum Gasteiger partial charge on any atom is -0.464 e. The fraction of sp³-hybridized carbons (Fsp3) is 0.636. The molecule has 1 aliphatic rings. The molecule has 2 N–H and O–H groups in total. The molecule has 0 amide bonds. The molecule has 0 radical (unpaired) electrons. The average Bonchev–Trinajstić information content (AvgIpc) is 2.79. The number of nitrogens with two attached hydrogens (primary N) is 1. The van der Waals surface area contributed by atoms with Gasteiger partial charge in [-0.1, -0.05) is 6.92 Å². The monoisotopic (exact) mass is 223 g/mol. The van der Waals surface area contributed by atoms with Crippen molar-refractivity contribution in [2.24, 2.45) is 18.7 Å². The number of esters is 1. The first kappa shape index (κ1) is 11.1. The number of rotatable bonds is 3. The Morgan fingerprint density at radius 3 is 3.06 bits per heavy atom. The number of hydrogen-bond donors (Lipinski definition) is 1. The third kappa shape index (κ3) is 1.61. The van der Waals surface area contributed by atoms with Crippen molar-refractivity contribution in [2.45, 2.75) is 25.3 Å². The summed E-state index contributed by atoms with van der Waals surface area (Å²) in [6.07, 6.45) is 4.89. The summed E-state index contributed by atoms with van der Waals surface area (Å²) < 4.78 is 7.01. The lowest BCUT2D eigenvalue weighted by Gasteiger charge is -2.24. The molecule has 88 valence electrons. The van der Waals surface area contributed by atoms with Gasteiger partial charge in [-0.15, -0.1) is 0 Å². The van der Waals surface area contributed by atoms with E-state index in [9.17, 15) is 4.79 Å². The number of aromatic nitrogens is 2. The van der Waals surface area contributed by atoms with Crippen LogP contribution >= 0.6 is 0 Å². The number of ether oxygens (including phenoxy) is 1. The summed E-state index contributed by atoms with van der Waals surface area (Å²) in [5.74, 6) is -0.234. The van der Waals surface area contributed by atoms with E-state index >= 15 is 0 Å². The molecule has 2 rings (SSSR count).